The van der Waals surface area contributed by atoms with E-state index in [1.54, 1.807) is 0 Å². The summed E-state index contributed by atoms with van der Waals surface area (Å²) in [5, 5.41) is 40.2. The highest BCUT2D eigenvalue weighted by Crippen LogP contribution is 2.23. The Morgan fingerprint density at radius 1 is 0.500 bits per heavy atom. The van der Waals surface area contributed by atoms with Crippen molar-refractivity contribution in [2.24, 2.45) is 0 Å². The van der Waals surface area contributed by atoms with Gasteiger partial charge in [-0.2, -0.15) is 0 Å². The van der Waals surface area contributed by atoms with Crippen LogP contribution in [0.5, 0.6) is 0 Å². The maximum atomic E-state index is 12.8. The van der Waals surface area contributed by atoms with Crippen LogP contribution in [0.25, 0.3) is 0 Å². The Morgan fingerprint density at radius 2 is 0.883 bits per heavy atom. The normalized spacial score (nSPS) is 19.9. The van der Waals surface area contributed by atoms with Crippen LogP contribution in [0.3, 0.4) is 0 Å². The van der Waals surface area contributed by atoms with E-state index in [4.69, 9.17) is 18.9 Å². The van der Waals surface area contributed by atoms with Gasteiger partial charge in [0.25, 0.3) is 0 Å². The van der Waals surface area contributed by atoms with Crippen LogP contribution in [0.2, 0.25) is 0 Å². The molecule has 4 N–H and O–H groups in total. The quantitative estimate of drug-likeness (QED) is 0.0265. The van der Waals surface area contributed by atoms with E-state index in [0.717, 1.165) is 38.5 Å². The van der Waals surface area contributed by atoms with Crippen LogP contribution in [0, 0.1) is 0 Å². The van der Waals surface area contributed by atoms with Gasteiger partial charge in [-0.15, -0.1) is 0 Å². The standard InChI is InChI=1S/C50H94O10/c1-3-5-7-9-11-13-15-17-19-20-21-22-23-25-27-29-31-33-35-37-39-46(53)59-43(42-58-50-49(56)48(55)47(54)44(40-51)60-50)41-57-45(52)38-36-34-32-30-28-26-24-18-16-14-12-10-8-6-4-2/h28,30,43-44,47-51,54-56H,3-27,29,31-42H2,1-2H3/b30-28+/t43-,44-,47+,48?,49?,50-/m1/s1. The van der Waals surface area contributed by atoms with Crippen molar-refractivity contribution in [1.29, 1.82) is 0 Å². The van der Waals surface area contributed by atoms with Crippen LogP contribution in [0.4, 0.5) is 0 Å². The van der Waals surface area contributed by atoms with Gasteiger partial charge in [0.05, 0.1) is 13.2 Å². The molecule has 2 unspecified atom stereocenters. The number of aliphatic hydroxyl groups is 4. The lowest BCUT2D eigenvalue weighted by molar-refractivity contribution is -0.305. The van der Waals surface area contributed by atoms with Gasteiger partial charge in [0.2, 0.25) is 0 Å². The molecule has 6 atom stereocenters. The number of allylic oxidation sites excluding steroid dienone is 2. The first kappa shape index (κ1) is 56.5. The molecule has 1 fully saturated rings. The van der Waals surface area contributed by atoms with Crippen LogP contribution >= 0.6 is 0 Å². The second-order valence-corrected chi connectivity index (χ2v) is 17.6. The molecule has 0 aromatic heterocycles. The summed E-state index contributed by atoms with van der Waals surface area (Å²) in [5.41, 5.74) is 0. The second-order valence-electron chi connectivity index (χ2n) is 17.6. The molecule has 10 nitrogen and oxygen atoms in total. The summed E-state index contributed by atoms with van der Waals surface area (Å²) in [4.78, 5) is 25.4. The van der Waals surface area contributed by atoms with Crippen LogP contribution in [-0.4, -0.2) is 89.0 Å². The number of carbonyl (C=O) groups excluding carboxylic acids is 2. The van der Waals surface area contributed by atoms with E-state index >= 15 is 0 Å². The van der Waals surface area contributed by atoms with Gasteiger partial charge < -0.3 is 39.4 Å². The fourth-order valence-electron chi connectivity index (χ4n) is 7.89. The van der Waals surface area contributed by atoms with Gasteiger partial charge in [0.1, 0.15) is 31.0 Å². The number of unbranched alkanes of at least 4 members (excludes halogenated alkanes) is 30. The third-order valence-corrected chi connectivity index (χ3v) is 11.9. The highest BCUT2D eigenvalue weighted by molar-refractivity contribution is 5.70. The first-order chi connectivity index (χ1) is 29.3. The number of hydrogen-bond donors (Lipinski definition) is 4. The monoisotopic (exact) mass is 855 g/mol. The molecule has 0 aromatic carbocycles. The van der Waals surface area contributed by atoms with Crippen LogP contribution in [-0.2, 0) is 28.5 Å². The van der Waals surface area contributed by atoms with Crippen molar-refractivity contribution in [2.75, 3.05) is 19.8 Å². The molecule has 1 aliphatic heterocycles. The molecule has 0 aliphatic carbocycles. The summed E-state index contributed by atoms with van der Waals surface area (Å²) in [6.45, 7) is 3.44. The van der Waals surface area contributed by atoms with Crippen LogP contribution < -0.4 is 0 Å². The van der Waals surface area contributed by atoms with E-state index in [1.807, 2.05) is 0 Å². The summed E-state index contributed by atoms with van der Waals surface area (Å²) < 4.78 is 22.2. The molecule has 0 spiro atoms. The molecular formula is C50H94O10. The minimum absolute atomic E-state index is 0.222. The lowest BCUT2D eigenvalue weighted by Crippen LogP contribution is -2.59. The Balaban J connectivity index is 2.26. The van der Waals surface area contributed by atoms with Crippen molar-refractivity contribution < 1.29 is 49.0 Å². The number of rotatable bonds is 43. The topological polar surface area (TPSA) is 152 Å². The number of hydrogen-bond acceptors (Lipinski definition) is 10. The molecule has 0 aromatic rings. The molecule has 1 heterocycles. The largest absolute Gasteiger partial charge is 0.462 e. The smallest absolute Gasteiger partial charge is 0.306 e. The molecular weight excluding hydrogens is 761 g/mol. The fourth-order valence-corrected chi connectivity index (χ4v) is 7.89. The zero-order chi connectivity index (χ0) is 43.7. The van der Waals surface area contributed by atoms with E-state index in [0.29, 0.717) is 12.8 Å². The van der Waals surface area contributed by atoms with E-state index < -0.39 is 55.4 Å². The maximum absolute atomic E-state index is 12.8. The third kappa shape index (κ3) is 32.2. The van der Waals surface area contributed by atoms with Crippen molar-refractivity contribution in [2.45, 2.75) is 275 Å². The second kappa shape index (κ2) is 41.5. The Hall–Kier alpha value is -1.56. The highest BCUT2D eigenvalue weighted by Gasteiger charge is 2.44. The van der Waals surface area contributed by atoms with Crippen molar-refractivity contribution in [1.82, 2.24) is 0 Å². The Morgan fingerprint density at radius 3 is 1.33 bits per heavy atom. The van der Waals surface area contributed by atoms with Crippen molar-refractivity contribution >= 4 is 11.9 Å². The molecule has 1 aliphatic rings. The molecule has 0 saturated carbocycles. The maximum Gasteiger partial charge on any atom is 0.306 e. The summed E-state index contributed by atoms with van der Waals surface area (Å²) in [6.07, 6.45) is 38.0. The first-order valence-electron chi connectivity index (χ1n) is 25.3. The lowest BCUT2D eigenvalue weighted by atomic mass is 9.99. The lowest BCUT2D eigenvalue weighted by Gasteiger charge is -2.39. The minimum Gasteiger partial charge on any atom is -0.462 e. The van der Waals surface area contributed by atoms with Crippen LogP contribution in [0.1, 0.15) is 239 Å². The van der Waals surface area contributed by atoms with Gasteiger partial charge in [-0.25, -0.2) is 0 Å². The molecule has 0 bridgehead atoms. The number of carbonyl (C=O) groups is 2. The van der Waals surface area contributed by atoms with E-state index in [2.05, 4.69) is 26.0 Å². The molecule has 10 heteroatoms. The highest BCUT2D eigenvalue weighted by atomic mass is 16.7. The van der Waals surface area contributed by atoms with E-state index in [9.17, 15) is 30.0 Å². The number of esters is 2. The summed E-state index contributed by atoms with van der Waals surface area (Å²) in [6, 6.07) is 0. The Kier molecular flexibility index (Phi) is 39.0. The van der Waals surface area contributed by atoms with Crippen molar-refractivity contribution in [3.8, 4) is 0 Å². The molecule has 1 saturated heterocycles. The van der Waals surface area contributed by atoms with Crippen LogP contribution in [0.15, 0.2) is 12.2 Å². The van der Waals surface area contributed by atoms with Crippen molar-refractivity contribution in [3.63, 3.8) is 0 Å². The van der Waals surface area contributed by atoms with Crippen molar-refractivity contribution in [3.05, 3.63) is 12.2 Å². The summed E-state index contributed by atoms with van der Waals surface area (Å²) >= 11 is 0. The minimum atomic E-state index is -1.59. The molecule has 0 radical (unpaired) electrons. The van der Waals surface area contributed by atoms with Gasteiger partial charge in [-0.3, -0.25) is 9.59 Å². The molecule has 60 heavy (non-hydrogen) atoms. The van der Waals surface area contributed by atoms with Gasteiger partial charge in [-0.1, -0.05) is 199 Å². The predicted molar refractivity (Wildman–Crippen MR) is 243 cm³/mol. The average Bonchev–Trinajstić information content (AvgIpc) is 3.25. The van der Waals surface area contributed by atoms with Gasteiger partial charge in [0.15, 0.2) is 12.4 Å². The van der Waals surface area contributed by atoms with E-state index in [-0.39, 0.29) is 26.1 Å². The zero-order valence-electron chi connectivity index (χ0n) is 38.7. The fraction of sp³-hybridized carbons (Fsp3) is 0.920. The summed E-state index contributed by atoms with van der Waals surface area (Å²) in [7, 11) is 0. The predicted octanol–water partition coefficient (Wildman–Crippen LogP) is 11.5. The number of ether oxygens (including phenoxy) is 4. The Bertz CT molecular complexity index is 990. The SMILES string of the molecule is CCCCCCCCCCC/C=C/CCCCC(=O)OC[C@H](CO[C@@H]1O[C@H](CO)[C@H](O)C(O)C1O)OC(=O)CCCCCCCCCCCCCCCCCCCCCC. The molecule has 354 valence electrons. The van der Waals surface area contributed by atoms with Gasteiger partial charge in [0, 0.05) is 12.8 Å². The Labute approximate surface area is 367 Å². The zero-order valence-corrected chi connectivity index (χ0v) is 38.7. The number of aliphatic hydroxyl groups excluding tert-OH is 4. The van der Waals surface area contributed by atoms with Gasteiger partial charge >= 0.3 is 11.9 Å². The molecule has 0 amide bonds. The first-order valence-corrected chi connectivity index (χ1v) is 25.3. The third-order valence-electron chi connectivity index (χ3n) is 11.9. The molecule has 1 rings (SSSR count). The van der Waals surface area contributed by atoms with Gasteiger partial charge in [-0.05, 0) is 38.5 Å². The average molecular weight is 855 g/mol. The summed E-state index contributed by atoms with van der Waals surface area (Å²) in [5.74, 6) is -0.818. The van der Waals surface area contributed by atoms with E-state index in [1.165, 1.54) is 161 Å².